The summed E-state index contributed by atoms with van der Waals surface area (Å²) in [6.45, 7) is 4.57. The lowest BCUT2D eigenvalue weighted by Gasteiger charge is -2.37. The smallest absolute Gasteiger partial charge is 0.131 e. The zero-order valence-corrected chi connectivity index (χ0v) is 10.9. The van der Waals surface area contributed by atoms with Crippen LogP contribution in [-0.4, -0.2) is 0 Å². The highest BCUT2D eigenvalue weighted by molar-refractivity contribution is 5.56. The third-order valence-corrected chi connectivity index (χ3v) is 3.93. The number of fused-ring (bicyclic) bond motifs is 2. The van der Waals surface area contributed by atoms with Crippen LogP contribution in [0.1, 0.15) is 37.8 Å². The van der Waals surface area contributed by atoms with E-state index in [2.05, 4.69) is 50.2 Å². The van der Waals surface area contributed by atoms with E-state index < -0.39 is 0 Å². The summed E-state index contributed by atoms with van der Waals surface area (Å²) in [4.78, 5) is 0. The van der Waals surface area contributed by atoms with Gasteiger partial charge in [0.15, 0.2) is 0 Å². The second-order valence-corrected chi connectivity index (χ2v) is 5.18. The molecule has 0 saturated carbocycles. The lowest BCUT2D eigenvalue weighted by molar-refractivity contribution is 0.390. The van der Waals surface area contributed by atoms with Gasteiger partial charge < -0.3 is 4.74 Å². The highest BCUT2D eigenvalue weighted by atomic mass is 16.5. The molecular formula is C17H18O. The van der Waals surface area contributed by atoms with Crippen molar-refractivity contribution in [3.63, 3.8) is 0 Å². The van der Waals surface area contributed by atoms with E-state index in [4.69, 9.17) is 4.74 Å². The molecule has 1 heterocycles. The maximum Gasteiger partial charge on any atom is 0.131 e. The molecule has 0 atom stereocenters. The summed E-state index contributed by atoms with van der Waals surface area (Å²) in [5.41, 5.74) is 2.69. The van der Waals surface area contributed by atoms with E-state index in [0.29, 0.717) is 0 Å². The number of hydrogen-bond acceptors (Lipinski definition) is 1. The first-order valence-electron chi connectivity index (χ1n) is 6.62. The summed E-state index contributed by atoms with van der Waals surface area (Å²) < 4.78 is 6.02. The number of benzene rings is 2. The highest BCUT2D eigenvalue weighted by Crippen LogP contribution is 2.49. The Labute approximate surface area is 108 Å². The minimum absolute atomic E-state index is 0.0696. The molecule has 1 nitrogen and oxygen atoms in total. The van der Waals surface area contributed by atoms with Gasteiger partial charge in [0.05, 0.1) is 0 Å². The third-order valence-electron chi connectivity index (χ3n) is 3.93. The largest absolute Gasteiger partial charge is 0.457 e. The van der Waals surface area contributed by atoms with Gasteiger partial charge in [0.25, 0.3) is 0 Å². The van der Waals surface area contributed by atoms with Gasteiger partial charge in [-0.3, -0.25) is 0 Å². The molecule has 2 aromatic carbocycles. The lowest BCUT2D eigenvalue weighted by atomic mass is 9.71. The first kappa shape index (κ1) is 11.3. The summed E-state index contributed by atoms with van der Waals surface area (Å²) in [6, 6.07) is 16.8. The maximum absolute atomic E-state index is 6.02. The molecule has 0 bridgehead atoms. The standard InChI is InChI=1S/C17H18O/c1-3-12-17(2)13-8-4-6-10-15(13)18-16-11-7-5-9-14(16)17/h4-11H,3,12H2,1-2H3. The summed E-state index contributed by atoms with van der Waals surface area (Å²) in [5.74, 6) is 2.01. The van der Waals surface area contributed by atoms with E-state index in [1.165, 1.54) is 17.5 Å². The number of ether oxygens (including phenoxy) is 1. The zero-order valence-electron chi connectivity index (χ0n) is 10.9. The van der Waals surface area contributed by atoms with E-state index in [0.717, 1.165) is 17.9 Å². The fourth-order valence-corrected chi connectivity index (χ4v) is 3.06. The minimum Gasteiger partial charge on any atom is -0.457 e. The molecule has 0 aliphatic carbocycles. The van der Waals surface area contributed by atoms with Gasteiger partial charge in [-0.1, -0.05) is 56.7 Å². The van der Waals surface area contributed by atoms with Gasteiger partial charge in [-0.25, -0.2) is 0 Å². The Balaban J connectivity index is 2.24. The topological polar surface area (TPSA) is 9.23 Å². The fraction of sp³-hybridized carbons (Fsp3) is 0.294. The van der Waals surface area contributed by atoms with Crippen molar-refractivity contribution < 1.29 is 4.74 Å². The van der Waals surface area contributed by atoms with Gasteiger partial charge in [-0.15, -0.1) is 0 Å². The Morgan fingerprint density at radius 1 is 0.889 bits per heavy atom. The molecule has 0 spiro atoms. The van der Waals surface area contributed by atoms with Gasteiger partial charge in [0, 0.05) is 16.5 Å². The van der Waals surface area contributed by atoms with Crippen molar-refractivity contribution in [1.29, 1.82) is 0 Å². The SMILES string of the molecule is CCCC1(C)c2ccccc2Oc2ccccc21. The third kappa shape index (κ3) is 1.54. The molecule has 1 heteroatoms. The Kier molecular flexibility index (Phi) is 2.62. The predicted octanol–water partition coefficient (Wildman–Crippen LogP) is 4.90. The molecule has 0 aromatic heterocycles. The van der Waals surface area contributed by atoms with Crippen molar-refractivity contribution in [3.8, 4) is 11.5 Å². The normalized spacial score (nSPS) is 15.4. The van der Waals surface area contributed by atoms with Crippen molar-refractivity contribution >= 4 is 0 Å². The molecule has 0 N–H and O–H groups in total. The average Bonchev–Trinajstić information content (AvgIpc) is 2.40. The molecule has 0 unspecified atom stereocenters. The molecule has 0 saturated heterocycles. The Morgan fingerprint density at radius 2 is 1.39 bits per heavy atom. The summed E-state index contributed by atoms with van der Waals surface area (Å²) >= 11 is 0. The van der Waals surface area contributed by atoms with Crippen molar-refractivity contribution in [3.05, 3.63) is 59.7 Å². The Bertz CT molecular complexity index is 526. The Hall–Kier alpha value is -1.76. The molecule has 2 aromatic rings. The second-order valence-electron chi connectivity index (χ2n) is 5.18. The fourth-order valence-electron chi connectivity index (χ4n) is 3.06. The van der Waals surface area contributed by atoms with Crippen LogP contribution in [0, 0.1) is 0 Å². The number of para-hydroxylation sites is 2. The van der Waals surface area contributed by atoms with Crippen LogP contribution in [0.5, 0.6) is 11.5 Å². The van der Waals surface area contributed by atoms with Crippen LogP contribution in [0.2, 0.25) is 0 Å². The van der Waals surface area contributed by atoms with Crippen LogP contribution in [-0.2, 0) is 5.41 Å². The van der Waals surface area contributed by atoms with E-state index in [1.54, 1.807) is 0 Å². The van der Waals surface area contributed by atoms with E-state index in [1.807, 2.05) is 12.1 Å². The predicted molar refractivity (Wildman–Crippen MR) is 74.3 cm³/mol. The highest BCUT2D eigenvalue weighted by Gasteiger charge is 2.36. The van der Waals surface area contributed by atoms with Crippen LogP contribution in [0.25, 0.3) is 0 Å². The van der Waals surface area contributed by atoms with Crippen LogP contribution in [0.3, 0.4) is 0 Å². The molecule has 1 aliphatic heterocycles. The van der Waals surface area contributed by atoms with Gasteiger partial charge >= 0.3 is 0 Å². The molecule has 18 heavy (non-hydrogen) atoms. The van der Waals surface area contributed by atoms with Crippen LogP contribution >= 0.6 is 0 Å². The van der Waals surface area contributed by atoms with Crippen LogP contribution < -0.4 is 4.74 Å². The van der Waals surface area contributed by atoms with E-state index in [-0.39, 0.29) is 5.41 Å². The summed E-state index contributed by atoms with van der Waals surface area (Å²) in [5, 5.41) is 0. The quantitative estimate of drug-likeness (QED) is 0.723. The molecule has 3 rings (SSSR count). The van der Waals surface area contributed by atoms with Crippen molar-refractivity contribution in [2.75, 3.05) is 0 Å². The van der Waals surface area contributed by atoms with Gasteiger partial charge in [0.2, 0.25) is 0 Å². The molecule has 0 fully saturated rings. The number of hydrogen-bond donors (Lipinski definition) is 0. The summed E-state index contributed by atoms with van der Waals surface area (Å²) in [7, 11) is 0. The molecule has 0 amide bonds. The van der Waals surface area contributed by atoms with Gasteiger partial charge in [0.1, 0.15) is 11.5 Å². The Morgan fingerprint density at radius 3 is 1.89 bits per heavy atom. The lowest BCUT2D eigenvalue weighted by Crippen LogP contribution is -2.27. The van der Waals surface area contributed by atoms with Crippen molar-refractivity contribution in [2.24, 2.45) is 0 Å². The zero-order chi connectivity index (χ0) is 12.6. The molecule has 92 valence electrons. The van der Waals surface area contributed by atoms with E-state index >= 15 is 0 Å². The van der Waals surface area contributed by atoms with Crippen LogP contribution in [0.15, 0.2) is 48.5 Å². The molecule has 0 radical (unpaired) electrons. The first-order chi connectivity index (χ1) is 8.75. The van der Waals surface area contributed by atoms with Gasteiger partial charge in [-0.05, 0) is 18.6 Å². The van der Waals surface area contributed by atoms with Crippen molar-refractivity contribution in [1.82, 2.24) is 0 Å². The monoisotopic (exact) mass is 238 g/mol. The van der Waals surface area contributed by atoms with Gasteiger partial charge in [-0.2, -0.15) is 0 Å². The van der Waals surface area contributed by atoms with Crippen molar-refractivity contribution in [2.45, 2.75) is 32.1 Å². The maximum atomic E-state index is 6.02. The summed E-state index contributed by atoms with van der Waals surface area (Å²) in [6.07, 6.45) is 2.31. The number of rotatable bonds is 2. The second kappa shape index (κ2) is 4.16. The molecular weight excluding hydrogens is 220 g/mol. The van der Waals surface area contributed by atoms with E-state index in [9.17, 15) is 0 Å². The first-order valence-corrected chi connectivity index (χ1v) is 6.62. The van der Waals surface area contributed by atoms with Crippen LogP contribution in [0.4, 0.5) is 0 Å². The molecule has 1 aliphatic rings. The minimum atomic E-state index is 0.0696. The average molecular weight is 238 g/mol.